The maximum absolute atomic E-state index is 5.11. The molecule has 2 unspecified atom stereocenters. The highest BCUT2D eigenvalue weighted by Gasteiger charge is 2.22. The summed E-state index contributed by atoms with van der Waals surface area (Å²) in [6.45, 7) is 6.35. The van der Waals surface area contributed by atoms with Gasteiger partial charge in [0.15, 0.2) is 5.17 Å². The van der Waals surface area contributed by atoms with Crippen LogP contribution in [0, 0.1) is 5.92 Å². The van der Waals surface area contributed by atoms with Crippen molar-refractivity contribution >= 4 is 16.9 Å². The number of likely N-dealkylation sites (N-methyl/N-ethyl adjacent to an activating group) is 1. The van der Waals surface area contributed by atoms with Crippen LogP contribution in [-0.4, -0.2) is 62.3 Å². The summed E-state index contributed by atoms with van der Waals surface area (Å²) in [5.41, 5.74) is 0. The number of rotatable bonds is 7. The van der Waals surface area contributed by atoms with Crippen LogP contribution in [0.15, 0.2) is 4.99 Å². The van der Waals surface area contributed by atoms with Gasteiger partial charge in [-0.05, 0) is 26.4 Å². The number of nitrogens with one attached hydrogen (secondary N) is 1. The summed E-state index contributed by atoms with van der Waals surface area (Å²) < 4.78 is 5.11. The molecule has 0 saturated heterocycles. The SMILES string of the molecule is COCCC1CSC(NC(CN(C)C)C(C)C)=N1. The third kappa shape index (κ3) is 5.59. The van der Waals surface area contributed by atoms with Crippen LogP contribution in [0.4, 0.5) is 0 Å². The van der Waals surface area contributed by atoms with Crippen LogP contribution >= 0.6 is 11.8 Å². The van der Waals surface area contributed by atoms with Gasteiger partial charge in [-0.2, -0.15) is 0 Å². The first-order valence-electron chi connectivity index (χ1n) is 6.63. The number of amidine groups is 1. The van der Waals surface area contributed by atoms with Gasteiger partial charge in [-0.3, -0.25) is 4.99 Å². The molecule has 0 amide bonds. The maximum atomic E-state index is 5.11. The second-order valence-corrected chi connectivity index (χ2v) is 6.45. The molecule has 1 rings (SSSR count). The third-order valence-corrected chi connectivity index (χ3v) is 4.09. The minimum Gasteiger partial charge on any atom is -0.385 e. The van der Waals surface area contributed by atoms with Gasteiger partial charge in [0.05, 0.1) is 6.04 Å². The van der Waals surface area contributed by atoms with Gasteiger partial charge in [-0.15, -0.1) is 0 Å². The summed E-state index contributed by atoms with van der Waals surface area (Å²) in [4.78, 5) is 6.95. The van der Waals surface area contributed by atoms with E-state index in [9.17, 15) is 0 Å². The topological polar surface area (TPSA) is 36.9 Å². The first-order chi connectivity index (χ1) is 8.52. The second kappa shape index (κ2) is 8.02. The van der Waals surface area contributed by atoms with Crippen LogP contribution < -0.4 is 5.32 Å². The lowest BCUT2D eigenvalue weighted by Gasteiger charge is -2.26. The molecule has 0 aromatic heterocycles. The van der Waals surface area contributed by atoms with Crippen molar-refractivity contribution in [2.24, 2.45) is 10.9 Å². The Morgan fingerprint density at radius 1 is 1.50 bits per heavy atom. The predicted octanol–water partition coefficient (Wildman–Crippen LogP) is 1.67. The van der Waals surface area contributed by atoms with Gasteiger partial charge in [0.25, 0.3) is 0 Å². The molecular weight excluding hydrogens is 246 g/mol. The van der Waals surface area contributed by atoms with Crippen molar-refractivity contribution in [1.82, 2.24) is 10.2 Å². The van der Waals surface area contributed by atoms with E-state index in [4.69, 9.17) is 9.73 Å². The highest BCUT2D eigenvalue weighted by molar-refractivity contribution is 8.14. The molecule has 0 aromatic rings. The number of thioether (sulfide) groups is 1. The van der Waals surface area contributed by atoms with E-state index >= 15 is 0 Å². The van der Waals surface area contributed by atoms with Crippen LogP contribution in [0.1, 0.15) is 20.3 Å². The van der Waals surface area contributed by atoms with Crippen molar-refractivity contribution in [3.63, 3.8) is 0 Å². The number of aliphatic imine (C=N–C) groups is 1. The lowest BCUT2D eigenvalue weighted by Crippen LogP contribution is -2.43. The molecule has 0 radical (unpaired) electrons. The Labute approximate surface area is 116 Å². The molecular formula is C13H27N3OS. The van der Waals surface area contributed by atoms with Gasteiger partial charge >= 0.3 is 0 Å². The molecule has 0 fully saturated rings. The van der Waals surface area contributed by atoms with E-state index in [0.717, 1.165) is 30.5 Å². The zero-order valence-corrected chi connectivity index (χ0v) is 13.1. The van der Waals surface area contributed by atoms with Gasteiger partial charge in [-0.25, -0.2) is 0 Å². The predicted molar refractivity (Wildman–Crippen MR) is 80.5 cm³/mol. The fraction of sp³-hybridized carbons (Fsp3) is 0.923. The molecule has 2 atom stereocenters. The van der Waals surface area contributed by atoms with Gasteiger partial charge in [0, 0.05) is 32.1 Å². The standard InChI is InChI=1S/C13H27N3OS/c1-10(2)12(8-16(3)4)15-13-14-11(9-18-13)6-7-17-5/h10-12H,6-9H2,1-5H3,(H,14,15). The Kier molecular flexibility index (Phi) is 7.04. The largest absolute Gasteiger partial charge is 0.385 e. The smallest absolute Gasteiger partial charge is 0.157 e. The quantitative estimate of drug-likeness (QED) is 0.765. The number of hydrogen-bond acceptors (Lipinski definition) is 5. The minimum absolute atomic E-state index is 0.421. The molecule has 106 valence electrons. The summed E-state index contributed by atoms with van der Waals surface area (Å²) in [5, 5.41) is 4.69. The number of methoxy groups -OCH3 is 1. The van der Waals surface area contributed by atoms with E-state index in [-0.39, 0.29) is 0 Å². The molecule has 0 spiro atoms. The molecule has 5 heteroatoms. The zero-order chi connectivity index (χ0) is 13.5. The number of hydrogen-bond donors (Lipinski definition) is 1. The summed E-state index contributed by atoms with van der Waals surface area (Å²) in [6.07, 6.45) is 1.02. The van der Waals surface area contributed by atoms with Crippen LogP contribution in [-0.2, 0) is 4.74 Å². The molecule has 1 N–H and O–H groups in total. The van der Waals surface area contributed by atoms with E-state index in [0.29, 0.717) is 18.0 Å². The molecule has 0 bridgehead atoms. The maximum Gasteiger partial charge on any atom is 0.157 e. The molecule has 0 aromatic carbocycles. The van der Waals surface area contributed by atoms with Crippen LogP contribution in [0.5, 0.6) is 0 Å². The zero-order valence-electron chi connectivity index (χ0n) is 12.3. The molecule has 0 saturated carbocycles. The monoisotopic (exact) mass is 273 g/mol. The average molecular weight is 273 g/mol. The van der Waals surface area contributed by atoms with Crippen molar-refractivity contribution in [2.45, 2.75) is 32.4 Å². The average Bonchev–Trinajstić information content (AvgIpc) is 2.72. The van der Waals surface area contributed by atoms with Gasteiger partial charge < -0.3 is 15.0 Å². The van der Waals surface area contributed by atoms with Crippen LogP contribution in [0.25, 0.3) is 0 Å². The normalized spacial score (nSPS) is 21.5. The molecule has 1 aliphatic rings. The van der Waals surface area contributed by atoms with Gasteiger partial charge in [0.1, 0.15) is 0 Å². The van der Waals surface area contributed by atoms with E-state index in [1.54, 1.807) is 7.11 Å². The number of nitrogens with zero attached hydrogens (tertiary/aromatic N) is 2. The molecule has 4 nitrogen and oxygen atoms in total. The van der Waals surface area contributed by atoms with Crippen molar-refractivity contribution in [1.29, 1.82) is 0 Å². The van der Waals surface area contributed by atoms with Crippen molar-refractivity contribution in [2.75, 3.05) is 40.1 Å². The molecule has 18 heavy (non-hydrogen) atoms. The Morgan fingerprint density at radius 2 is 2.22 bits per heavy atom. The summed E-state index contributed by atoms with van der Waals surface area (Å²) >= 11 is 1.84. The first kappa shape index (κ1) is 15.8. The first-order valence-corrected chi connectivity index (χ1v) is 7.62. The fourth-order valence-electron chi connectivity index (χ4n) is 1.87. The Balaban J connectivity index is 2.44. The Bertz CT molecular complexity index is 269. The lowest BCUT2D eigenvalue weighted by atomic mass is 10.0. The molecule has 1 heterocycles. The summed E-state index contributed by atoms with van der Waals surface area (Å²) in [6, 6.07) is 0.886. The van der Waals surface area contributed by atoms with E-state index in [2.05, 4.69) is 38.2 Å². The second-order valence-electron chi connectivity index (χ2n) is 5.44. The van der Waals surface area contributed by atoms with Crippen molar-refractivity contribution in [3.8, 4) is 0 Å². The van der Waals surface area contributed by atoms with E-state index in [1.807, 2.05) is 11.8 Å². The van der Waals surface area contributed by atoms with E-state index < -0.39 is 0 Å². The lowest BCUT2D eigenvalue weighted by molar-refractivity contribution is 0.190. The molecule has 1 aliphatic heterocycles. The van der Waals surface area contributed by atoms with E-state index in [1.165, 1.54) is 0 Å². The van der Waals surface area contributed by atoms with Crippen LogP contribution in [0.3, 0.4) is 0 Å². The minimum atomic E-state index is 0.421. The fourth-order valence-corrected chi connectivity index (χ4v) is 2.92. The Morgan fingerprint density at radius 3 is 2.78 bits per heavy atom. The van der Waals surface area contributed by atoms with Gasteiger partial charge in [-0.1, -0.05) is 25.6 Å². The van der Waals surface area contributed by atoms with Crippen molar-refractivity contribution < 1.29 is 4.74 Å². The number of ether oxygens (including phenoxy) is 1. The summed E-state index contributed by atoms with van der Waals surface area (Å²) in [7, 11) is 5.97. The highest BCUT2D eigenvalue weighted by atomic mass is 32.2. The highest BCUT2D eigenvalue weighted by Crippen LogP contribution is 2.20. The van der Waals surface area contributed by atoms with Crippen molar-refractivity contribution in [3.05, 3.63) is 0 Å². The summed E-state index contributed by atoms with van der Waals surface area (Å²) in [5.74, 6) is 1.69. The van der Waals surface area contributed by atoms with Crippen LogP contribution in [0.2, 0.25) is 0 Å². The Hall–Kier alpha value is -0.260. The van der Waals surface area contributed by atoms with Gasteiger partial charge in [0.2, 0.25) is 0 Å². The molecule has 0 aliphatic carbocycles. The third-order valence-electron chi connectivity index (χ3n) is 3.04.